The Balaban J connectivity index is 1.43. The van der Waals surface area contributed by atoms with Gasteiger partial charge in [-0.3, -0.25) is 9.59 Å². The van der Waals surface area contributed by atoms with E-state index in [0.717, 1.165) is 33.4 Å². The Morgan fingerprint density at radius 2 is 0.667 bits per heavy atom. The topological polar surface area (TPSA) is 192 Å². The molecule has 0 radical (unpaired) electrons. The van der Waals surface area contributed by atoms with E-state index in [4.69, 9.17) is 9.47 Å². The molecule has 1 aliphatic rings. The van der Waals surface area contributed by atoms with Crippen LogP contribution in [0.4, 0.5) is 0 Å². The Bertz CT molecular complexity index is 2880. The second kappa shape index (κ2) is 23.2. The summed E-state index contributed by atoms with van der Waals surface area (Å²) in [4.78, 5) is 52.8. The van der Waals surface area contributed by atoms with Gasteiger partial charge < -0.3 is 40.5 Å². The van der Waals surface area contributed by atoms with E-state index in [1.807, 2.05) is 109 Å². The zero-order valence-electron chi connectivity index (χ0n) is 47.4. The third kappa shape index (κ3) is 14.5. The molecular weight excluding hydrogens is 981 g/mol. The van der Waals surface area contributed by atoms with Crippen LogP contribution in [-0.4, -0.2) is 69.5 Å². The summed E-state index contributed by atoms with van der Waals surface area (Å²) in [5.41, 5.74) is 8.83. The quantitative estimate of drug-likeness (QED) is 0.0611. The van der Waals surface area contributed by atoms with Gasteiger partial charge in [0.05, 0.1) is 0 Å². The van der Waals surface area contributed by atoms with E-state index in [9.17, 15) is 39.6 Å². The van der Waals surface area contributed by atoms with Crippen LogP contribution in [0.15, 0.2) is 109 Å². The van der Waals surface area contributed by atoms with Crippen molar-refractivity contribution in [3.63, 3.8) is 0 Å². The maximum absolute atomic E-state index is 13.9. The van der Waals surface area contributed by atoms with Gasteiger partial charge >= 0.3 is 11.9 Å². The second-order valence-electron chi connectivity index (χ2n) is 25.1. The fourth-order valence-corrected chi connectivity index (χ4v) is 9.86. The van der Waals surface area contributed by atoms with Crippen molar-refractivity contribution in [3.8, 4) is 23.0 Å². The van der Waals surface area contributed by atoms with E-state index < -0.39 is 59.9 Å². The van der Waals surface area contributed by atoms with Gasteiger partial charge in [0.1, 0.15) is 35.1 Å². The highest BCUT2D eigenvalue weighted by Crippen LogP contribution is 2.44. The number of benzene rings is 6. The van der Waals surface area contributed by atoms with Gasteiger partial charge in [-0.2, -0.15) is 0 Å². The summed E-state index contributed by atoms with van der Waals surface area (Å²) in [5.74, 6) is -2.77. The molecule has 412 valence electrons. The molecule has 78 heavy (non-hydrogen) atoms. The van der Waals surface area contributed by atoms with Crippen LogP contribution in [0.5, 0.6) is 23.0 Å². The van der Waals surface area contributed by atoms with Gasteiger partial charge in [0.2, 0.25) is 0 Å². The number of fused-ring (bicyclic) bond motifs is 8. The van der Waals surface area contributed by atoms with Crippen LogP contribution in [0.1, 0.15) is 161 Å². The number of carboxylic acids is 2. The minimum atomic E-state index is -1.22. The molecule has 6 N–H and O–H groups in total. The number of rotatable bonds is 14. The molecule has 0 spiro atoms. The summed E-state index contributed by atoms with van der Waals surface area (Å²) in [6.45, 7) is 24.3. The van der Waals surface area contributed by atoms with Gasteiger partial charge in [-0.05, 0) is 99.5 Å². The Morgan fingerprint density at radius 1 is 0.423 bits per heavy atom. The van der Waals surface area contributed by atoms with Crippen LogP contribution in [0.3, 0.4) is 0 Å². The average Bonchev–Trinajstić information content (AvgIpc) is 3.41. The number of carbonyl (C=O) groups is 4. The van der Waals surface area contributed by atoms with Crippen molar-refractivity contribution in [2.75, 3.05) is 13.2 Å². The Morgan fingerprint density at radius 3 is 0.897 bits per heavy atom. The minimum Gasteiger partial charge on any atom is -0.507 e. The molecular formula is C66H78N2O10. The maximum atomic E-state index is 13.9. The zero-order valence-corrected chi connectivity index (χ0v) is 47.4. The first kappa shape index (κ1) is 58.1. The number of nitrogens with one attached hydrogen (secondary N) is 2. The van der Waals surface area contributed by atoms with E-state index in [1.54, 1.807) is 0 Å². The Kier molecular flexibility index (Phi) is 17.2. The first-order valence-electron chi connectivity index (χ1n) is 26.9. The van der Waals surface area contributed by atoms with Crippen LogP contribution in [0, 0.1) is 0 Å². The number of aromatic hydroxyl groups is 2. The smallest absolute Gasteiger partial charge is 0.326 e. The van der Waals surface area contributed by atoms with Gasteiger partial charge in [-0.15, -0.1) is 0 Å². The molecule has 0 heterocycles. The lowest BCUT2D eigenvalue weighted by atomic mass is 9.79. The molecule has 7 rings (SSSR count). The van der Waals surface area contributed by atoms with Crippen LogP contribution >= 0.6 is 0 Å². The number of phenols is 2. The van der Waals surface area contributed by atoms with Crippen molar-refractivity contribution < 1.29 is 49.1 Å². The highest BCUT2D eigenvalue weighted by molar-refractivity contribution is 5.85. The molecule has 2 amide bonds. The molecule has 1 aliphatic carbocycles. The molecule has 0 saturated heterocycles. The standard InChI is InChI=1S/C66H78N2O10/c1-63(2,3)49-29-41-25-45-33-51(65(7,8)9)35-47(59(45)77-37-55(69)67-53(61(73)74)23-39-19-15-13-16-20-39)27-43-31-50(64(4,5)6)32-44(58(43)72)28-48-36-52(66(10,11)12)34-46(26-42(30-49)57(41)71)60(48)78-38-56(70)68-54(62(75)76)24-40-21-17-14-18-22-40/h13-22,29-36,53-54,71-72H,23-28,37-38H2,1-12H3,(H,67,69)(H,68,70)(H,73,74)(H,75,76)/t53-,54+. The van der Waals surface area contributed by atoms with E-state index in [1.165, 1.54) is 0 Å². The number of amides is 2. The van der Waals surface area contributed by atoms with Crippen molar-refractivity contribution in [1.29, 1.82) is 0 Å². The predicted octanol–water partition coefficient (Wildman–Crippen LogP) is 11.3. The number of ether oxygens (including phenoxy) is 2. The number of hydrogen-bond donors (Lipinski definition) is 6. The molecule has 6 aromatic carbocycles. The minimum absolute atomic E-state index is 0.0426. The molecule has 6 aromatic rings. The predicted molar refractivity (Wildman–Crippen MR) is 306 cm³/mol. The van der Waals surface area contributed by atoms with Gasteiger partial charge in [0, 0.05) is 38.5 Å². The van der Waals surface area contributed by atoms with Crippen LogP contribution < -0.4 is 20.1 Å². The average molecular weight is 1060 g/mol. The summed E-state index contributed by atoms with van der Waals surface area (Å²) in [6, 6.07) is 31.9. The summed E-state index contributed by atoms with van der Waals surface area (Å²) in [7, 11) is 0. The van der Waals surface area contributed by atoms with Crippen molar-refractivity contribution in [3.05, 3.63) is 187 Å². The molecule has 8 bridgehead atoms. The molecule has 0 aromatic heterocycles. The van der Waals surface area contributed by atoms with Crippen LogP contribution in [0.25, 0.3) is 0 Å². The number of hydrogen-bond acceptors (Lipinski definition) is 8. The lowest BCUT2D eigenvalue weighted by Gasteiger charge is -2.28. The van der Waals surface area contributed by atoms with Gasteiger partial charge in [-0.1, -0.05) is 192 Å². The fraction of sp³-hybridized carbons (Fsp3) is 0.394. The highest BCUT2D eigenvalue weighted by Gasteiger charge is 2.30. The first-order valence-corrected chi connectivity index (χ1v) is 26.9. The molecule has 0 aliphatic heterocycles. The van der Waals surface area contributed by atoms with E-state index in [2.05, 4.69) is 93.7 Å². The molecule has 0 unspecified atom stereocenters. The number of carbonyl (C=O) groups excluding carboxylic acids is 2. The zero-order chi connectivity index (χ0) is 57.1. The molecule has 0 saturated carbocycles. The van der Waals surface area contributed by atoms with Crippen molar-refractivity contribution in [2.45, 2.75) is 155 Å². The van der Waals surface area contributed by atoms with E-state index in [-0.39, 0.29) is 60.9 Å². The second-order valence-corrected chi connectivity index (χ2v) is 25.1. The SMILES string of the molecule is CC(C)(C)c1cc2c(O)c(c1)Cc1cc(C(C)(C)C)cc(c1OCC(=O)N[C@H](Cc1ccccc1)C(=O)O)Cc1cc(C(C)(C)C)cc(c1O)Cc1cc(C(C)(C)C)cc(c1OCC(=O)N[C@@H](Cc1ccccc1)C(=O)O)C2. The molecule has 12 nitrogen and oxygen atoms in total. The monoisotopic (exact) mass is 1060 g/mol. The lowest BCUT2D eigenvalue weighted by molar-refractivity contribution is -0.142. The molecule has 12 heteroatoms. The van der Waals surface area contributed by atoms with Crippen molar-refractivity contribution in [1.82, 2.24) is 10.6 Å². The number of phenolic OH excluding ortho intramolecular Hbond substituents is 2. The molecule has 2 atom stereocenters. The van der Waals surface area contributed by atoms with Crippen molar-refractivity contribution >= 4 is 23.8 Å². The van der Waals surface area contributed by atoms with E-state index >= 15 is 0 Å². The van der Waals surface area contributed by atoms with Crippen LogP contribution in [-0.2, 0) is 79.4 Å². The molecule has 0 fully saturated rings. The highest BCUT2D eigenvalue weighted by atomic mass is 16.5. The largest absolute Gasteiger partial charge is 0.507 e. The van der Waals surface area contributed by atoms with Gasteiger partial charge in [-0.25, -0.2) is 9.59 Å². The maximum Gasteiger partial charge on any atom is 0.326 e. The fourth-order valence-electron chi connectivity index (χ4n) is 9.86. The van der Waals surface area contributed by atoms with Gasteiger partial charge in [0.25, 0.3) is 11.8 Å². The summed E-state index contributed by atoms with van der Waals surface area (Å²) in [6.07, 6.45) is 0.780. The number of carboxylic acid groups (broad SMARTS) is 2. The number of aliphatic carboxylic acids is 2. The summed E-state index contributed by atoms with van der Waals surface area (Å²) >= 11 is 0. The lowest BCUT2D eigenvalue weighted by Crippen LogP contribution is -2.44. The van der Waals surface area contributed by atoms with E-state index in [0.29, 0.717) is 56.0 Å². The normalized spacial score (nSPS) is 13.7. The Hall–Kier alpha value is -7.60. The van der Waals surface area contributed by atoms with Crippen LogP contribution in [0.2, 0.25) is 0 Å². The first-order chi connectivity index (χ1) is 36.4. The summed E-state index contributed by atoms with van der Waals surface area (Å²) < 4.78 is 13.3. The van der Waals surface area contributed by atoms with Gasteiger partial charge in [0.15, 0.2) is 13.2 Å². The third-order valence-electron chi connectivity index (χ3n) is 14.5. The Labute approximate surface area is 460 Å². The summed E-state index contributed by atoms with van der Waals surface area (Å²) in [5, 5.41) is 51.2. The third-order valence-corrected chi connectivity index (χ3v) is 14.5. The van der Waals surface area contributed by atoms with Crippen molar-refractivity contribution in [2.24, 2.45) is 0 Å².